The Balaban J connectivity index is 1.77. The first-order chi connectivity index (χ1) is 12.6. The molecule has 3 rings (SSSR count). The van der Waals surface area contributed by atoms with Crippen molar-refractivity contribution in [1.82, 2.24) is 24.9 Å². The van der Waals surface area contributed by atoms with Crippen molar-refractivity contribution in [3.05, 3.63) is 43.0 Å². The molecular formula is C18H21N7O. The number of pyridine rings is 2. The highest BCUT2D eigenvalue weighted by Crippen LogP contribution is 2.20. The first-order valence-electron chi connectivity index (χ1n) is 8.30. The second-order valence-corrected chi connectivity index (χ2v) is 6.05. The van der Waals surface area contributed by atoms with Gasteiger partial charge in [0.25, 0.3) is 0 Å². The fourth-order valence-corrected chi connectivity index (χ4v) is 2.17. The number of hydrogen-bond acceptors (Lipinski definition) is 8. The first kappa shape index (κ1) is 17.5. The van der Waals surface area contributed by atoms with E-state index < -0.39 is 0 Å². The standard InChI is InChI=1S/C18H21N7O/c1-12(2)9-20-15-8-13(6-7-19-15)17-22-11-23-18(25-17)24-14-4-5-16(26-3)21-10-14/h4-8,10-12H,9H2,1-3H3,(H,19,20)(H,22,23,24,25). The Morgan fingerprint density at radius 2 is 1.96 bits per heavy atom. The fraction of sp³-hybridized carbons (Fsp3) is 0.278. The molecule has 0 fully saturated rings. The molecule has 3 aromatic heterocycles. The van der Waals surface area contributed by atoms with Crippen LogP contribution in [0.1, 0.15) is 13.8 Å². The average Bonchev–Trinajstić information content (AvgIpc) is 2.67. The van der Waals surface area contributed by atoms with Crippen molar-refractivity contribution in [3.63, 3.8) is 0 Å². The number of anilines is 3. The van der Waals surface area contributed by atoms with E-state index in [1.807, 2.05) is 18.2 Å². The molecule has 0 atom stereocenters. The van der Waals surface area contributed by atoms with Crippen LogP contribution >= 0.6 is 0 Å². The lowest BCUT2D eigenvalue weighted by atomic mass is 10.2. The molecule has 3 heterocycles. The van der Waals surface area contributed by atoms with E-state index in [2.05, 4.69) is 49.4 Å². The summed E-state index contributed by atoms with van der Waals surface area (Å²) in [7, 11) is 1.58. The van der Waals surface area contributed by atoms with Crippen LogP contribution in [0.3, 0.4) is 0 Å². The normalized spacial score (nSPS) is 10.6. The van der Waals surface area contributed by atoms with E-state index in [0.29, 0.717) is 23.6 Å². The predicted octanol–water partition coefficient (Wildman–Crippen LogP) is 3.15. The zero-order chi connectivity index (χ0) is 18.4. The summed E-state index contributed by atoms with van der Waals surface area (Å²) >= 11 is 0. The third-order valence-corrected chi connectivity index (χ3v) is 3.48. The summed E-state index contributed by atoms with van der Waals surface area (Å²) in [4.78, 5) is 21.4. The van der Waals surface area contributed by atoms with Crippen molar-refractivity contribution in [2.75, 3.05) is 24.3 Å². The van der Waals surface area contributed by atoms with Gasteiger partial charge in [0.15, 0.2) is 5.82 Å². The zero-order valence-corrected chi connectivity index (χ0v) is 15.0. The molecule has 2 N–H and O–H groups in total. The summed E-state index contributed by atoms with van der Waals surface area (Å²) in [5.74, 6) is 2.89. The van der Waals surface area contributed by atoms with Crippen molar-refractivity contribution in [3.8, 4) is 17.3 Å². The Morgan fingerprint density at radius 3 is 2.69 bits per heavy atom. The van der Waals surface area contributed by atoms with Crippen molar-refractivity contribution in [1.29, 1.82) is 0 Å². The molecule has 0 aliphatic heterocycles. The molecule has 8 heteroatoms. The summed E-state index contributed by atoms with van der Waals surface area (Å²) in [6, 6.07) is 7.40. The van der Waals surface area contributed by atoms with E-state index in [-0.39, 0.29) is 0 Å². The number of rotatable bonds is 7. The molecule has 0 radical (unpaired) electrons. The summed E-state index contributed by atoms with van der Waals surface area (Å²) < 4.78 is 5.05. The molecule has 3 aromatic rings. The van der Waals surface area contributed by atoms with E-state index in [9.17, 15) is 0 Å². The number of nitrogens with one attached hydrogen (secondary N) is 2. The van der Waals surface area contributed by atoms with E-state index in [0.717, 1.165) is 23.6 Å². The topological polar surface area (TPSA) is 97.7 Å². The average molecular weight is 351 g/mol. The number of nitrogens with zero attached hydrogens (tertiary/aromatic N) is 5. The lowest BCUT2D eigenvalue weighted by molar-refractivity contribution is 0.398. The van der Waals surface area contributed by atoms with Crippen LogP contribution in [-0.4, -0.2) is 38.6 Å². The quantitative estimate of drug-likeness (QED) is 0.670. The lowest BCUT2D eigenvalue weighted by Crippen LogP contribution is -2.09. The van der Waals surface area contributed by atoms with Crippen LogP contribution in [-0.2, 0) is 0 Å². The molecule has 0 amide bonds. The Hall–Kier alpha value is -3.29. The molecule has 0 aromatic carbocycles. The second-order valence-electron chi connectivity index (χ2n) is 6.05. The van der Waals surface area contributed by atoms with E-state index in [1.54, 1.807) is 25.6 Å². The van der Waals surface area contributed by atoms with Crippen LogP contribution in [0, 0.1) is 5.92 Å². The number of aromatic nitrogens is 5. The van der Waals surface area contributed by atoms with Crippen LogP contribution in [0.2, 0.25) is 0 Å². The van der Waals surface area contributed by atoms with Crippen LogP contribution < -0.4 is 15.4 Å². The van der Waals surface area contributed by atoms with Crippen molar-refractivity contribution >= 4 is 17.5 Å². The molecule has 134 valence electrons. The summed E-state index contributed by atoms with van der Waals surface area (Å²) in [6.45, 7) is 5.15. The maximum Gasteiger partial charge on any atom is 0.230 e. The molecule has 0 spiro atoms. The summed E-state index contributed by atoms with van der Waals surface area (Å²) in [5.41, 5.74) is 1.63. The van der Waals surface area contributed by atoms with Gasteiger partial charge >= 0.3 is 0 Å². The molecule has 0 aliphatic rings. The number of methoxy groups -OCH3 is 1. The van der Waals surface area contributed by atoms with Gasteiger partial charge in [-0.1, -0.05) is 13.8 Å². The SMILES string of the molecule is COc1ccc(Nc2ncnc(-c3ccnc(NCC(C)C)c3)n2)cn1. The van der Waals surface area contributed by atoms with Gasteiger partial charge in [-0.25, -0.2) is 19.9 Å². The van der Waals surface area contributed by atoms with Crippen LogP contribution in [0.5, 0.6) is 5.88 Å². The number of hydrogen-bond donors (Lipinski definition) is 2. The molecular weight excluding hydrogens is 330 g/mol. The lowest BCUT2D eigenvalue weighted by Gasteiger charge is -2.09. The fourth-order valence-electron chi connectivity index (χ4n) is 2.17. The molecule has 0 saturated heterocycles. The van der Waals surface area contributed by atoms with Gasteiger partial charge in [-0.3, -0.25) is 0 Å². The Morgan fingerprint density at radius 1 is 1.08 bits per heavy atom. The highest BCUT2D eigenvalue weighted by atomic mass is 16.5. The Kier molecular flexibility index (Phi) is 5.52. The minimum atomic E-state index is 0.440. The Labute approximate surface area is 152 Å². The molecule has 0 aliphatic carbocycles. The molecule has 8 nitrogen and oxygen atoms in total. The van der Waals surface area contributed by atoms with E-state index >= 15 is 0 Å². The molecule has 0 unspecified atom stereocenters. The van der Waals surface area contributed by atoms with Crippen LogP contribution in [0.25, 0.3) is 11.4 Å². The van der Waals surface area contributed by atoms with Gasteiger partial charge in [-0.2, -0.15) is 4.98 Å². The van der Waals surface area contributed by atoms with Crippen LogP contribution in [0.15, 0.2) is 43.0 Å². The van der Waals surface area contributed by atoms with Crippen molar-refractivity contribution in [2.24, 2.45) is 5.92 Å². The van der Waals surface area contributed by atoms with Gasteiger partial charge in [0, 0.05) is 24.4 Å². The molecule has 26 heavy (non-hydrogen) atoms. The van der Waals surface area contributed by atoms with Gasteiger partial charge in [0.1, 0.15) is 12.1 Å². The highest BCUT2D eigenvalue weighted by Gasteiger charge is 2.07. The van der Waals surface area contributed by atoms with Gasteiger partial charge in [0.2, 0.25) is 11.8 Å². The summed E-state index contributed by atoms with van der Waals surface area (Å²) in [6.07, 6.45) is 4.87. The second kappa shape index (κ2) is 8.19. The third-order valence-electron chi connectivity index (χ3n) is 3.48. The van der Waals surface area contributed by atoms with Crippen molar-refractivity contribution in [2.45, 2.75) is 13.8 Å². The van der Waals surface area contributed by atoms with Crippen LogP contribution in [0.4, 0.5) is 17.5 Å². The first-order valence-corrected chi connectivity index (χ1v) is 8.30. The summed E-state index contributed by atoms with van der Waals surface area (Å²) in [5, 5.41) is 6.41. The maximum atomic E-state index is 5.05. The van der Waals surface area contributed by atoms with Gasteiger partial charge in [-0.15, -0.1) is 0 Å². The van der Waals surface area contributed by atoms with E-state index in [4.69, 9.17) is 4.74 Å². The maximum absolute atomic E-state index is 5.05. The Bertz CT molecular complexity index is 852. The number of ether oxygens (including phenoxy) is 1. The van der Waals surface area contributed by atoms with Gasteiger partial charge < -0.3 is 15.4 Å². The third kappa shape index (κ3) is 4.62. The minimum Gasteiger partial charge on any atom is -0.481 e. The predicted molar refractivity (Wildman–Crippen MR) is 100 cm³/mol. The largest absolute Gasteiger partial charge is 0.481 e. The highest BCUT2D eigenvalue weighted by molar-refractivity contribution is 5.61. The van der Waals surface area contributed by atoms with Gasteiger partial charge in [0.05, 0.1) is 19.0 Å². The van der Waals surface area contributed by atoms with E-state index in [1.165, 1.54) is 6.33 Å². The monoisotopic (exact) mass is 351 g/mol. The smallest absolute Gasteiger partial charge is 0.230 e. The van der Waals surface area contributed by atoms with Crippen molar-refractivity contribution < 1.29 is 4.74 Å². The molecule has 0 saturated carbocycles. The minimum absolute atomic E-state index is 0.440. The zero-order valence-electron chi connectivity index (χ0n) is 15.0. The van der Waals surface area contributed by atoms with Gasteiger partial charge in [-0.05, 0) is 24.1 Å². The molecule has 0 bridgehead atoms.